The molecule has 7 heteroatoms. The quantitative estimate of drug-likeness (QED) is 0.746. The number of morpholine rings is 1. The SMILES string of the molecule is COc1ccccc1CPCS(=O)(=O)N1CCOCC1. The van der Waals surface area contributed by atoms with E-state index >= 15 is 0 Å². The van der Waals surface area contributed by atoms with Crippen LogP contribution in [-0.4, -0.2) is 51.6 Å². The molecule has 1 aliphatic heterocycles. The predicted octanol–water partition coefficient (Wildman–Crippen LogP) is 1.49. The molecule has 0 amide bonds. The summed E-state index contributed by atoms with van der Waals surface area (Å²) in [6.07, 6.45) is 0.730. The molecule has 0 spiro atoms. The van der Waals surface area contributed by atoms with Crippen molar-refractivity contribution in [3.05, 3.63) is 29.8 Å². The Balaban J connectivity index is 1.88. The van der Waals surface area contributed by atoms with E-state index in [-0.39, 0.29) is 5.49 Å². The van der Waals surface area contributed by atoms with Gasteiger partial charge in [-0.1, -0.05) is 18.2 Å². The third kappa shape index (κ3) is 4.16. The van der Waals surface area contributed by atoms with Gasteiger partial charge in [-0.3, -0.25) is 0 Å². The molecule has 2 rings (SSSR count). The summed E-state index contributed by atoms with van der Waals surface area (Å²) in [4.78, 5) is 0. The highest BCUT2D eigenvalue weighted by atomic mass is 32.2. The molecular formula is C13H20NO4PS. The molecule has 1 heterocycles. The van der Waals surface area contributed by atoms with Crippen LogP contribution in [0.4, 0.5) is 0 Å². The Bertz CT molecular complexity index is 529. The first-order valence-corrected chi connectivity index (χ1v) is 9.54. The topological polar surface area (TPSA) is 55.8 Å². The van der Waals surface area contributed by atoms with Gasteiger partial charge in [0.05, 0.1) is 25.8 Å². The fourth-order valence-corrected chi connectivity index (χ4v) is 5.52. The van der Waals surface area contributed by atoms with Gasteiger partial charge in [-0.25, -0.2) is 8.42 Å². The van der Waals surface area contributed by atoms with Crippen molar-refractivity contribution in [3.63, 3.8) is 0 Å². The summed E-state index contributed by atoms with van der Waals surface area (Å²) in [5, 5.41) is 0. The summed E-state index contributed by atoms with van der Waals surface area (Å²) in [6, 6.07) is 7.73. The minimum absolute atomic E-state index is 0.199. The molecule has 112 valence electrons. The first kappa shape index (κ1) is 15.7. The van der Waals surface area contributed by atoms with Crippen LogP contribution in [0.1, 0.15) is 5.56 Å². The maximum absolute atomic E-state index is 12.2. The molecule has 20 heavy (non-hydrogen) atoms. The number of methoxy groups -OCH3 is 1. The molecule has 0 aliphatic carbocycles. The van der Waals surface area contributed by atoms with Gasteiger partial charge in [0.1, 0.15) is 5.75 Å². The molecule has 1 aromatic carbocycles. The third-order valence-corrected chi connectivity index (χ3v) is 7.21. The number of rotatable bonds is 6. The molecule has 1 saturated heterocycles. The van der Waals surface area contributed by atoms with Crippen LogP contribution in [0, 0.1) is 0 Å². The van der Waals surface area contributed by atoms with Gasteiger partial charge in [0.25, 0.3) is 0 Å². The fraction of sp³-hybridized carbons (Fsp3) is 0.538. The molecule has 1 unspecified atom stereocenters. The zero-order chi connectivity index (χ0) is 14.4. The predicted molar refractivity (Wildman–Crippen MR) is 81.2 cm³/mol. The van der Waals surface area contributed by atoms with Crippen molar-refractivity contribution >= 4 is 18.6 Å². The molecule has 1 fully saturated rings. The Morgan fingerprint density at radius 2 is 2.00 bits per heavy atom. The smallest absolute Gasteiger partial charge is 0.218 e. The average molecular weight is 317 g/mol. The van der Waals surface area contributed by atoms with E-state index in [0.717, 1.165) is 17.5 Å². The molecule has 0 aromatic heterocycles. The van der Waals surface area contributed by atoms with Crippen molar-refractivity contribution in [2.75, 3.05) is 38.9 Å². The standard InChI is InChI=1S/C13H20NO4PS/c1-17-13-5-3-2-4-12(13)10-19-11-20(15,16)14-6-8-18-9-7-14/h2-5,19H,6-11H2,1H3. The van der Waals surface area contributed by atoms with Gasteiger partial charge in [0, 0.05) is 13.1 Å². The number of hydrogen-bond acceptors (Lipinski definition) is 4. The second-order valence-electron chi connectivity index (χ2n) is 4.51. The highest BCUT2D eigenvalue weighted by Gasteiger charge is 2.23. The summed E-state index contributed by atoms with van der Waals surface area (Å²) in [7, 11) is -1.18. The Kier molecular flexibility index (Phi) is 5.78. The van der Waals surface area contributed by atoms with Crippen LogP contribution >= 0.6 is 8.58 Å². The second-order valence-corrected chi connectivity index (χ2v) is 8.19. The fourth-order valence-electron chi connectivity index (χ4n) is 2.08. The number of sulfonamides is 1. The van der Waals surface area contributed by atoms with Crippen LogP contribution in [0.2, 0.25) is 0 Å². The minimum atomic E-state index is -3.15. The normalized spacial score (nSPS) is 17.6. The third-order valence-electron chi connectivity index (χ3n) is 3.16. The molecular weight excluding hydrogens is 297 g/mol. The van der Waals surface area contributed by atoms with Crippen molar-refractivity contribution in [3.8, 4) is 5.75 Å². The van der Waals surface area contributed by atoms with Gasteiger partial charge in [-0.05, 0) is 17.8 Å². The molecule has 0 radical (unpaired) electrons. The van der Waals surface area contributed by atoms with Crippen molar-refractivity contribution < 1.29 is 17.9 Å². The van der Waals surface area contributed by atoms with Crippen molar-refractivity contribution in [1.82, 2.24) is 4.31 Å². The molecule has 1 aromatic rings. The van der Waals surface area contributed by atoms with E-state index in [1.54, 1.807) is 7.11 Å². The van der Waals surface area contributed by atoms with Crippen molar-refractivity contribution in [2.24, 2.45) is 0 Å². The zero-order valence-electron chi connectivity index (χ0n) is 11.5. The number of ether oxygens (including phenoxy) is 2. The largest absolute Gasteiger partial charge is 0.496 e. The lowest BCUT2D eigenvalue weighted by Crippen LogP contribution is -2.41. The molecule has 0 N–H and O–H groups in total. The van der Waals surface area contributed by atoms with Gasteiger partial charge >= 0.3 is 0 Å². The maximum Gasteiger partial charge on any atom is 0.218 e. The first-order chi connectivity index (χ1) is 9.63. The number of para-hydroxylation sites is 1. The van der Waals surface area contributed by atoms with Gasteiger partial charge in [-0.2, -0.15) is 4.31 Å². The summed E-state index contributed by atoms with van der Waals surface area (Å²) in [5.41, 5.74) is 1.26. The zero-order valence-corrected chi connectivity index (χ0v) is 13.4. The molecule has 0 saturated carbocycles. The van der Waals surface area contributed by atoms with Gasteiger partial charge in [-0.15, -0.1) is 8.58 Å². The Morgan fingerprint density at radius 1 is 1.30 bits per heavy atom. The molecule has 1 atom stereocenters. The lowest BCUT2D eigenvalue weighted by Gasteiger charge is -2.26. The first-order valence-electron chi connectivity index (χ1n) is 6.51. The second kappa shape index (κ2) is 7.36. The van der Waals surface area contributed by atoms with Crippen molar-refractivity contribution in [1.29, 1.82) is 0 Å². The van der Waals surface area contributed by atoms with Crippen molar-refractivity contribution in [2.45, 2.75) is 6.16 Å². The summed E-state index contributed by atoms with van der Waals surface area (Å²) in [6.45, 7) is 1.94. The summed E-state index contributed by atoms with van der Waals surface area (Å²) >= 11 is 0. The maximum atomic E-state index is 12.2. The van der Waals surface area contributed by atoms with Crippen LogP contribution < -0.4 is 4.74 Å². The van der Waals surface area contributed by atoms with Gasteiger partial charge < -0.3 is 9.47 Å². The van der Waals surface area contributed by atoms with Crippen LogP contribution in [-0.2, 0) is 20.9 Å². The Morgan fingerprint density at radius 3 is 2.70 bits per heavy atom. The minimum Gasteiger partial charge on any atom is -0.496 e. The monoisotopic (exact) mass is 317 g/mol. The molecule has 0 bridgehead atoms. The van der Waals surface area contributed by atoms with E-state index in [1.807, 2.05) is 24.3 Å². The highest BCUT2D eigenvalue weighted by molar-refractivity contribution is 7.93. The van der Waals surface area contributed by atoms with Gasteiger partial charge in [0.2, 0.25) is 10.0 Å². The van der Waals surface area contributed by atoms with E-state index in [0.29, 0.717) is 34.9 Å². The molecule has 5 nitrogen and oxygen atoms in total. The lowest BCUT2D eigenvalue weighted by atomic mass is 10.2. The number of hydrogen-bond donors (Lipinski definition) is 0. The van der Waals surface area contributed by atoms with E-state index in [1.165, 1.54) is 4.31 Å². The molecule has 1 aliphatic rings. The van der Waals surface area contributed by atoms with Crippen LogP contribution in [0.15, 0.2) is 24.3 Å². The van der Waals surface area contributed by atoms with E-state index < -0.39 is 10.0 Å². The van der Waals surface area contributed by atoms with Gasteiger partial charge in [0.15, 0.2) is 0 Å². The van der Waals surface area contributed by atoms with E-state index in [4.69, 9.17) is 9.47 Å². The average Bonchev–Trinajstić information content (AvgIpc) is 2.48. The Hall–Kier alpha value is -0.680. The van der Waals surface area contributed by atoms with Crippen LogP contribution in [0.3, 0.4) is 0 Å². The lowest BCUT2D eigenvalue weighted by molar-refractivity contribution is 0.0732. The number of nitrogens with zero attached hydrogens (tertiary/aromatic N) is 1. The number of benzene rings is 1. The van der Waals surface area contributed by atoms with Crippen LogP contribution in [0.5, 0.6) is 5.75 Å². The highest BCUT2D eigenvalue weighted by Crippen LogP contribution is 2.28. The van der Waals surface area contributed by atoms with E-state index in [9.17, 15) is 8.42 Å². The Labute approximate surface area is 122 Å². The summed E-state index contributed by atoms with van der Waals surface area (Å²) in [5.74, 6) is 0.823. The summed E-state index contributed by atoms with van der Waals surface area (Å²) < 4.78 is 36.3. The van der Waals surface area contributed by atoms with Crippen LogP contribution in [0.25, 0.3) is 0 Å². The van der Waals surface area contributed by atoms with E-state index in [2.05, 4.69) is 0 Å².